The topological polar surface area (TPSA) is 109 Å². The number of nitriles is 3. The minimum Gasteiger partial charge on any atom is -0.324 e. The zero-order valence-corrected chi connectivity index (χ0v) is 16.4. The molecule has 0 saturated heterocycles. The molecular formula is C21H13BrN6. The van der Waals surface area contributed by atoms with Gasteiger partial charge in [-0.05, 0) is 76.4 Å². The maximum atomic E-state index is 9.77. The molecule has 1 unspecified atom stereocenters. The van der Waals surface area contributed by atoms with Crippen LogP contribution in [0.5, 0.6) is 0 Å². The van der Waals surface area contributed by atoms with E-state index in [1.165, 1.54) is 0 Å². The molecule has 0 aliphatic carbocycles. The summed E-state index contributed by atoms with van der Waals surface area (Å²) in [5.41, 5.74) is 3.98. The highest BCUT2D eigenvalue weighted by atomic mass is 79.9. The molecule has 0 aliphatic rings. The predicted octanol–water partition coefficient (Wildman–Crippen LogP) is 4.69. The molecule has 7 heteroatoms. The van der Waals surface area contributed by atoms with E-state index in [9.17, 15) is 5.26 Å². The van der Waals surface area contributed by atoms with E-state index in [4.69, 9.17) is 10.5 Å². The molecular weight excluding hydrogens is 416 g/mol. The highest BCUT2D eigenvalue weighted by Gasteiger charge is 2.19. The van der Waals surface area contributed by atoms with Crippen LogP contribution >= 0.6 is 15.9 Å². The van der Waals surface area contributed by atoms with Gasteiger partial charge >= 0.3 is 0 Å². The zero-order chi connectivity index (χ0) is 20.1. The summed E-state index contributed by atoms with van der Waals surface area (Å²) in [6.07, 6.45) is 1.59. The van der Waals surface area contributed by atoms with Crippen LogP contribution in [-0.2, 0) is 0 Å². The number of nitrogens with one attached hydrogen (secondary N) is 1. The van der Waals surface area contributed by atoms with E-state index in [1.54, 1.807) is 48.7 Å². The van der Waals surface area contributed by atoms with Crippen molar-refractivity contribution in [3.05, 3.63) is 81.1 Å². The molecule has 0 fully saturated rings. The minimum absolute atomic E-state index is 0.354. The van der Waals surface area contributed by atoms with Gasteiger partial charge in [-0.1, -0.05) is 0 Å². The van der Waals surface area contributed by atoms with Gasteiger partial charge in [0.2, 0.25) is 5.95 Å². The second kappa shape index (κ2) is 8.31. The molecule has 3 aromatic rings. The lowest BCUT2D eigenvalue weighted by molar-refractivity contribution is 0.937. The van der Waals surface area contributed by atoms with Gasteiger partial charge in [-0.25, -0.2) is 9.97 Å². The van der Waals surface area contributed by atoms with Gasteiger partial charge in [-0.3, -0.25) is 0 Å². The molecule has 134 valence electrons. The third-order valence-electron chi connectivity index (χ3n) is 4.16. The first kappa shape index (κ1) is 19.0. The molecule has 0 bridgehead atoms. The first-order chi connectivity index (χ1) is 13.5. The summed E-state index contributed by atoms with van der Waals surface area (Å²) in [5.74, 6) is -0.249. The smallest absolute Gasteiger partial charge is 0.227 e. The number of hydrogen-bond acceptors (Lipinski definition) is 6. The second-order valence-electron chi connectivity index (χ2n) is 5.98. The van der Waals surface area contributed by atoms with Gasteiger partial charge in [0.25, 0.3) is 0 Å². The maximum absolute atomic E-state index is 9.77. The van der Waals surface area contributed by atoms with Gasteiger partial charge in [0, 0.05) is 16.4 Å². The first-order valence-electron chi connectivity index (χ1n) is 8.25. The molecule has 0 radical (unpaired) electrons. The summed E-state index contributed by atoms with van der Waals surface area (Å²) in [7, 11) is 0. The Kier molecular flexibility index (Phi) is 5.65. The summed E-state index contributed by atoms with van der Waals surface area (Å²) in [6.45, 7) is 1.87. The Balaban J connectivity index is 1.94. The van der Waals surface area contributed by atoms with Crippen LogP contribution in [0.3, 0.4) is 0 Å². The molecule has 1 atom stereocenters. The first-order valence-corrected chi connectivity index (χ1v) is 9.05. The van der Waals surface area contributed by atoms with E-state index in [2.05, 4.69) is 49.4 Å². The van der Waals surface area contributed by atoms with Crippen molar-refractivity contribution < 1.29 is 0 Å². The normalized spacial score (nSPS) is 11.0. The van der Waals surface area contributed by atoms with Gasteiger partial charge in [-0.2, -0.15) is 15.8 Å². The molecule has 1 heterocycles. The van der Waals surface area contributed by atoms with Crippen LogP contribution in [-0.4, -0.2) is 9.97 Å². The molecule has 3 rings (SSSR count). The largest absolute Gasteiger partial charge is 0.324 e. The number of nitrogens with zero attached hydrogens (tertiary/aromatic N) is 5. The number of halogens is 1. The van der Waals surface area contributed by atoms with E-state index in [0.717, 1.165) is 16.8 Å². The van der Waals surface area contributed by atoms with E-state index in [1.807, 2.05) is 6.92 Å². The van der Waals surface area contributed by atoms with Crippen molar-refractivity contribution >= 4 is 27.6 Å². The Hall–Kier alpha value is -3.73. The number of hydrogen-bond donors (Lipinski definition) is 1. The number of benzene rings is 2. The third-order valence-corrected chi connectivity index (χ3v) is 4.82. The molecule has 1 aromatic heterocycles. The number of anilines is 2. The van der Waals surface area contributed by atoms with Crippen LogP contribution < -0.4 is 5.32 Å². The van der Waals surface area contributed by atoms with Crippen LogP contribution in [0.2, 0.25) is 0 Å². The molecule has 0 aliphatic heterocycles. The van der Waals surface area contributed by atoms with Crippen molar-refractivity contribution in [1.82, 2.24) is 9.97 Å². The summed E-state index contributed by atoms with van der Waals surface area (Å²) in [6, 6.07) is 18.6. The summed E-state index contributed by atoms with van der Waals surface area (Å²) < 4.78 is 0.640. The van der Waals surface area contributed by atoms with Crippen molar-refractivity contribution in [3.8, 4) is 18.2 Å². The molecule has 0 saturated carbocycles. The van der Waals surface area contributed by atoms with Gasteiger partial charge in [0.1, 0.15) is 12.0 Å². The predicted molar refractivity (Wildman–Crippen MR) is 108 cm³/mol. The van der Waals surface area contributed by atoms with Crippen molar-refractivity contribution in [1.29, 1.82) is 15.8 Å². The summed E-state index contributed by atoms with van der Waals surface area (Å²) >= 11 is 3.38. The van der Waals surface area contributed by atoms with Gasteiger partial charge in [-0.15, -0.1) is 0 Å². The number of aryl methyl sites for hydroxylation is 1. The van der Waals surface area contributed by atoms with Crippen LogP contribution in [0.4, 0.5) is 11.6 Å². The monoisotopic (exact) mass is 428 g/mol. The number of rotatable bonds is 4. The molecule has 6 nitrogen and oxygen atoms in total. The second-order valence-corrected chi connectivity index (χ2v) is 6.84. The maximum Gasteiger partial charge on any atom is 0.227 e. The average Bonchev–Trinajstić information content (AvgIpc) is 2.71. The lowest BCUT2D eigenvalue weighted by Crippen LogP contribution is -2.07. The Morgan fingerprint density at radius 1 is 1.04 bits per heavy atom. The highest BCUT2D eigenvalue weighted by Crippen LogP contribution is 2.30. The molecule has 0 amide bonds. The summed E-state index contributed by atoms with van der Waals surface area (Å²) in [4.78, 5) is 8.69. The standard InChI is InChI=1S/C21H13BrN6/c1-13-8-15(11-24)19(22)9-17(13)18(12-25)20-6-7-26-21(28-20)27-16-4-2-14(10-23)3-5-16/h2-9,18H,1H3,(H,26,27,28). The zero-order valence-electron chi connectivity index (χ0n) is 14.8. The van der Waals surface area contributed by atoms with Crippen LogP contribution in [0.15, 0.2) is 53.1 Å². The van der Waals surface area contributed by atoms with Crippen LogP contribution in [0, 0.1) is 40.9 Å². The molecule has 28 heavy (non-hydrogen) atoms. The van der Waals surface area contributed by atoms with Crippen molar-refractivity contribution in [3.63, 3.8) is 0 Å². The van der Waals surface area contributed by atoms with Gasteiger partial charge in [0.15, 0.2) is 0 Å². The SMILES string of the molecule is Cc1cc(C#N)c(Br)cc1C(C#N)c1ccnc(Nc2ccc(C#N)cc2)n1. The van der Waals surface area contributed by atoms with Crippen molar-refractivity contribution in [2.75, 3.05) is 5.32 Å². The summed E-state index contributed by atoms with van der Waals surface area (Å²) in [5, 5.41) is 30.9. The minimum atomic E-state index is -0.603. The third kappa shape index (κ3) is 3.99. The fraction of sp³-hybridized carbons (Fsp3) is 0.0952. The van der Waals surface area contributed by atoms with Crippen molar-refractivity contribution in [2.24, 2.45) is 0 Å². The lowest BCUT2D eigenvalue weighted by Gasteiger charge is -2.14. The Bertz CT molecular complexity index is 1150. The van der Waals surface area contributed by atoms with E-state index in [-0.39, 0.29) is 0 Å². The van der Waals surface area contributed by atoms with Crippen LogP contribution in [0.25, 0.3) is 0 Å². The van der Waals surface area contributed by atoms with Crippen LogP contribution in [0.1, 0.15) is 33.9 Å². The fourth-order valence-electron chi connectivity index (χ4n) is 2.74. The quantitative estimate of drug-likeness (QED) is 0.645. The van der Waals surface area contributed by atoms with E-state index < -0.39 is 5.92 Å². The van der Waals surface area contributed by atoms with E-state index >= 15 is 0 Å². The Morgan fingerprint density at radius 2 is 1.79 bits per heavy atom. The van der Waals surface area contributed by atoms with Gasteiger partial charge in [0.05, 0.1) is 29.0 Å². The Morgan fingerprint density at radius 3 is 2.43 bits per heavy atom. The molecule has 1 N–H and O–H groups in total. The van der Waals surface area contributed by atoms with E-state index in [0.29, 0.717) is 27.2 Å². The molecule has 0 spiro atoms. The molecule has 2 aromatic carbocycles. The fourth-order valence-corrected chi connectivity index (χ4v) is 3.19. The number of aromatic nitrogens is 2. The van der Waals surface area contributed by atoms with Crippen molar-refractivity contribution in [2.45, 2.75) is 12.8 Å². The highest BCUT2D eigenvalue weighted by molar-refractivity contribution is 9.10. The lowest BCUT2D eigenvalue weighted by atomic mass is 9.92. The average molecular weight is 429 g/mol. The Labute approximate surface area is 170 Å². The van der Waals surface area contributed by atoms with Gasteiger partial charge < -0.3 is 5.32 Å².